The van der Waals surface area contributed by atoms with Crippen molar-refractivity contribution in [3.63, 3.8) is 0 Å². The van der Waals surface area contributed by atoms with Crippen LogP contribution in [-0.2, 0) is 0 Å². The number of pyridine rings is 1. The summed E-state index contributed by atoms with van der Waals surface area (Å²) in [6.45, 7) is 1.94. The van der Waals surface area contributed by atoms with Crippen LogP contribution in [0.4, 0.5) is 5.69 Å². The van der Waals surface area contributed by atoms with Gasteiger partial charge in [-0.2, -0.15) is 0 Å². The number of hydrogen-bond donors (Lipinski definition) is 1. The van der Waals surface area contributed by atoms with Gasteiger partial charge in [-0.25, -0.2) is 0 Å². The van der Waals surface area contributed by atoms with Gasteiger partial charge in [-0.1, -0.05) is 6.07 Å². The molecule has 0 atom stereocenters. The minimum Gasteiger partial charge on any atom is -0.355 e. The van der Waals surface area contributed by atoms with Gasteiger partial charge in [-0.3, -0.25) is 14.8 Å². The van der Waals surface area contributed by atoms with E-state index in [0.29, 0.717) is 11.3 Å². The second-order valence-corrected chi connectivity index (χ2v) is 5.12. The quantitative estimate of drug-likeness (QED) is 0.877. The van der Waals surface area contributed by atoms with Gasteiger partial charge in [-0.15, -0.1) is 0 Å². The van der Waals surface area contributed by atoms with Crippen molar-refractivity contribution >= 4 is 33.7 Å². The van der Waals surface area contributed by atoms with Crippen molar-refractivity contribution in [2.24, 2.45) is 4.99 Å². The zero-order valence-corrected chi connectivity index (χ0v) is 12.8. The number of aromatic nitrogens is 1. The largest absolute Gasteiger partial charge is 0.355 e. The van der Waals surface area contributed by atoms with E-state index in [2.05, 4.69) is 31.2 Å². The number of carbonyl (C=O) groups is 1. The average Bonchev–Trinajstić information content (AvgIpc) is 2.46. The molecule has 1 aromatic carbocycles. The standard InChI is InChI=1S/C15H14BrN3O/c1-10-6-12(15(20)17-2)14(13(16)7-10)19-9-11-4-3-5-18-8-11/h3-9H,1-2H3,(H,17,20). The highest BCUT2D eigenvalue weighted by Crippen LogP contribution is 2.31. The van der Waals surface area contributed by atoms with Crippen molar-refractivity contribution in [1.82, 2.24) is 10.3 Å². The van der Waals surface area contributed by atoms with Gasteiger partial charge in [-0.05, 0) is 46.6 Å². The molecule has 5 heteroatoms. The van der Waals surface area contributed by atoms with E-state index in [1.807, 2.05) is 31.2 Å². The number of nitrogens with one attached hydrogen (secondary N) is 1. The first-order valence-corrected chi connectivity index (χ1v) is 6.87. The molecule has 1 N–H and O–H groups in total. The third-order valence-corrected chi connectivity index (χ3v) is 3.31. The van der Waals surface area contributed by atoms with Gasteiger partial charge in [0.05, 0.1) is 11.3 Å². The molecule has 0 aliphatic heterocycles. The van der Waals surface area contributed by atoms with E-state index in [4.69, 9.17) is 0 Å². The third kappa shape index (κ3) is 3.30. The molecule has 102 valence electrons. The van der Waals surface area contributed by atoms with E-state index in [9.17, 15) is 4.79 Å². The predicted octanol–water partition coefficient (Wildman–Crippen LogP) is 3.26. The predicted molar refractivity (Wildman–Crippen MR) is 83.8 cm³/mol. The van der Waals surface area contributed by atoms with Crippen molar-refractivity contribution in [1.29, 1.82) is 0 Å². The fourth-order valence-corrected chi connectivity index (χ4v) is 2.44. The van der Waals surface area contributed by atoms with Crippen molar-refractivity contribution < 1.29 is 4.79 Å². The molecule has 0 saturated heterocycles. The molecular weight excluding hydrogens is 318 g/mol. The highest BCUT2D eigenvalue weighted by molar-refractivity contribution is 9.10. The summed E-state index contributed by atoms with van der Waals surface area (Å²) in [7, 11) is 1.60. The Balaban J connectivity index is 2.45. The molecule has 1 amide bonds. The highest BCUT2D eigenvalue weighted by Gasteiger charge is 2.13. The molecule has 0 aliphatic carbocycles. The van der Waals surface area contributed by atoms with Crippen molar-refractivity contribution in [2.75, 3.05) is 7.05 Å². The number of benzene rings is 1. The SMILES string of the molecule is CNC(=O)c1cc(C)cc(Br)c1N=Cc1cccnc1. The Morgan fingerprint density at radius 3 is 2.90 bits per heavy atom. The molecule has 0 fully saturated rings. The molecule has 0 unspecified atom stereocenters. The molecule has 20 heavy (non-hydrogen) atoms. The first-order valence-electron chi connectivity index (χ1n) is 6.08. The summed E-state index contributed by atoms with van der Waals surface area (Å²) < 4.78 is 0.788. The summed E-state index contributed by atoms with van der Waals surface area (Å²) in [6.07, 6.45) is 5.11. The van der Waals surface area contributed by atoms with Crippen LogP contribution in [0.5, 0.6) is 0 Å². The molecular formula is C15H14BrN3O. The van der Waals surface area contributed by atoms with Crippen LogP contribution in [0.1, 0.15) is 21.5 Å². The highest BCUT2D eigenvalue weighted by atomic mass is 79.9. The molecule has 0 bridgehead atoms. The lowest BCUT2D eigenvalue weighted by Crippen LogP contribution is -2.18. The molecule has 0 saturated carbocycles. The molecule has 2 rings (SSSR count). The summed E-state index contributed by atoms with van der Waals surface area (Å²) in [5.41, 5.74) is 3.02. The van der Waals surface area contributed by atoms with Crippen LogP contribution < -0.4 is 5.32 Å². The van der Waals surface area contributed by atoms with Crippen molar-refractivity contribution in [3.8, 4) is 0 Å². The van der Waals surface area contributed by atoms with Crippen LogP contribution >= 0.6 is 15.9 Å². The van der Waals surface area contributed by atoms with Gasteiger partial charge in [0.2, 0.25) is 0 Å². The Labute approximate surface area is 126 Å². The lowest BCUT2D eigenvalue weighted by atomic mass is 10.1. The molecule has 0 aliphatic rings. The third-order valence-electron chi connectivity index (χ3n) is 2.71. The molecule has 0 radical (unpaired) electrons. The minimum atomic E-state index is -0.160. The van der Waals surface area contributed by atoms with E-state index in [0.717, 1.165) is 15.6 Å². The van der Waals surface area contributed by atoms with Gasteiger partial charge in [0, 0.05) is 35.7 Å². The zero-order chi connectivity index (χ0) is 14.5. The number of amides is 1. The lowest BCUT2D eigenvalue weighted by Gasteiger charge is -2.08. The Bertz CT molecular complexity index is 654. The maximum Gasteiger partial charge on any atom is 0.253 e. The maximum absolute atomic E-state index is 11.9. The van der Waals surface area contributed by atoms with Crippen LogP contribution in [0, 0.1) is 6.92 Å². The van der Waals surface area contributed by atoms with Crippen LogP contribution in [0.2, 0.25) is 0 Å². The van der Waals surface area contributed by atoms with E-state index in [-0.39, 0.29) is 5.91 Å². The van der Waals surface area contributed by atoms with Crippen LogP contribution in [0.3, 0.4) is 0 Å². The Kier molecular flexibility index (Phi) is 4.63. The Morgan fingerprint density at radius 1 is 1.45 bits per heavy atom. The average molecular weight is 332 g/mol. The number of carbonyl (C=O) groups excluding carboxylic acids is 1. The van der Waals surface area contributed by atoms with E-state index in [1.165, 1.54) is 0 Å². The van der Waals surface area contributed by atoms with E-state index < -0.39 is 0 Å². The lowest BCUT2D eigenvalue weighted by molar-refractivity contribution is 0.0963. The number of halogens is 1. The number of aliphatic imine (C=N–C) groups is 1. The summed E-state index contributed by atoms with van der Waals surface area (Å²) in [6, 6.07) is 7.49. The van der Waals surface area contributed by atoms with Gasteiger partial charge in [0.1, 0.15) is 0 Å². The molecule has 1 aromatic heterocycles. The zero-order valence-electron chi connectivity index (χ0n) is 11.2. The number of rotatable bonds is 3. The summed E-state index contributed by atoms with van der Waals surface area (Å²) in [5.74, 6) is -0.160. The monoisotopic (exact) mass is 331 g/mol. The second kappa shape index (κ2) is 6.43. The second-order valence-electron chi connectivity index (χ2n) is 4.27. The van der Waals surface area contributed by atoms with E-state index in [1.54, 1.807) is 25.7 Å². The fourth-order valence-electron chi connectivity index (χ4n) is 1.76. The molecule has 0 spiro atoms. The van der Waals surface area contributed by atoms with Gasteiger partial charge in [0.25, 0.3) is 5.91 Å². The number of hydrogen-bond acceptors (Lipinski definition) is 3. The number of aryl methyl sites for hydroxylation is 1. The molecule has 2 aromatic rings. The first kappa shape index (κ1) is 14.4. The van der Waals surface area contributed by atoms with Gasteiger partial charge < -0.3 is 5.32 Å². The van der Waals surface area contributed by atoms with Crippen LogP contribution in [0.15, 0.2) is 46.1 Å². The fraction of sp³-hybridized carbons (Fsp3) is 0.133. The summed E-state index contributed by atoms with van der Waals surface area (Å²) >= 11 is 3.46. The summed E-state index contributed by atoms with van der Waals surface area (Å²) in [5, 5.41) is 2.63. The smallest absolute Gasteiger partial charge is 0.253 e. The Morgan fingerprint density at radius 2 is 2.25 bits per heavy atom. The van der Waals surface area contributed by atoms with Crippen molar-refractivity contribution in [2.45, 2.75) is 6.92 Å². The first-order chi connectivity index (χ1) is 9.61. The molecule has 1 heterocycles. The van der Waals surface area contributed by atoms with E-state index >= 15 is 0 Å². The van der Waals surface area contributed by atoms with Crippen LogP contribution in [0.25, 0.3) is 0 Å². The topological polar surface area (TPSA) is 54.4 Å². The van der Waals surface area contributed by atoms with Crippen LogP contribution in [-0.4, -0.2) is 24.2 Å². The normalized spacial score (nSPS) is 10.8. The number of nitrogens with zero attached hydrogens (tertiary/aromatic N) is 2. The van der Waals surface area contributed by atoms with Crippen molar-refractivity contribution in [3.05, 3.63) is 57.8 Å². The summed E-state index contributed by atoms with van der Waals surface area (Å²) in [4.78, 5) is 20.4. The van der Waals surface area contributed by atoms with Gasteiger partial charge >= 0.3 is 0 Å². The van der Waals surface area contributed by atoms with Gasteiger partial charge in [0.15, 0.2) is 0 Å². The maximum atomic E-state index is 11.9. The molecule has 4 nitrogen and oxygen atoms in total. The Hall–Kier alpha value is -2.01. The minimum absolute atomic E-state index is 0.160.